The molecule has 0 aliphatic carbocycles. The Balaban J connectivity index is 1.95. The maximum Gasteiger partial charge on any atom is 0.253 e. The number of nitrogens with one attached hydrogen (secondary N) is 1. The van der Waals surface area contributed by atoms with E-state index in [-0.39, 0.29) is 17.7 Å². The van der Waals surface area contributed by atoms with E-state index in [1.807, 2.05) is 0 Å². The quantitative estimate of drug-likeness (QED) is 0.883. The molecule has 1 amide bonds. The van der Waals surface area contributed by atoms with Crippen LogP contribution >= 0.6 is 0 Å². The minimum absolute atomic E-state index is 0.0456. The van der Waals surface area contributed by atoms with Gasteiger partial charge in [-0.3, -0.25) is 4.79 Å². The molecule has 1 aliphatic heterocycles. The number of likely N-dealkylation sites (tertiary alicyclic amines) is 1. The summed E-state index contributed by atoms with van der Waals surface area (Å²) >= 11 is 0. The van der Waals surface area contributed by atoms with E-state index in [2.05, 4.69) is 4.72 Å². The zero-order chi connectivity index (χ0) is 16.2. The summed E-state index contributed by atoms with van der Waals surface area (Å²) in [5.74, 6) is 0.683. The van der Waals surface area contributed by atoms with Crippen molar-refractivity contribution in [1.82, 2.24) is 9.62 Å². The van der Waals surface area contributed by atoms with Gasteiger partial charge in [-0.1, -0.05) is 6.07 Å². The van der Waals surface area contributed by atoms with Crippen molar-refractivity contribution >= 4 is 15.9 Å². The molecule has 0 atom stereocenters. The van der Waals surface area contributed by atoms with Crippen LogP contribution < -0.4 is 9.46 Å². The molecular weight excluding hydrogens is 304 g/mol. The molecule has 1 aromatic carbocycles. The van der Waals surface area contributed by atoms with Crippen molar-refractivity contribution < 1.29 is 17.9 Å². The maximum absolute atomic E-state index is 12.4. The Bertz CT molecular complexity index is 622. The van der Waals surface area contributed by atoms with Crippen LogP contribution in [0, 0.1) is 0 Å². The number of hydrogen-bond acceptors (Lipinski definition) is 4. The number of ether oxygens (including phenoxy) is 1. The Morgan fingerprint density at radius 2 is 2.05 bits per heavy atom. The summed E-state index contributed by atoms with van der Waals surface area (Å²) in [5, 5.41) is 0. The molecule has 1 N–H and O–H groups in total. The highest BCUT2D eigenvalue weighted by molar-refractivity contribution is 7.89. The molecular formula is C15H22N2O4S. The van der Waals surface area contributed by atoms with E-state index in [0.717, 1.165) is 0 Å². The molecule has 22 heavy (non-hydrogen) atoms. The molecule has 0 radical (unpaired) electrons. The van der Waals surface area contributed by atoms with Gasteiger partial charge in [-0.05, 0) is 38.0 Å². The van der Waals surface area contributed by atoms with E-state index >= 15 is 0 Å². The van der Waals surface area contributed by atoms with E-state index in [9.17, 15) is 13.2 Å². The standard InChI is InChI=1S/C15H22N2O4S/c1-3-22(19,20)16-13-7-9-17(10-8-13)15(18)12-5-4-6-14(11-12)21-2/h4-6,11,13,16H,3,7-10H2,1-2H3. The number of sulfonamides is 1. The van der Waals surface area contributed by atoms with Crippen LogP contribution in [0.2, 0.25) is 0 Å². The summed E-state index contributed by atoms with van der Waals surface area (Å²) in [5.41, 5.74) is 0.590. The van der Waals surface area contributed by atoms with Crippen molar-refractivity contribution in [3.8, 4) is 5.75 Å². The lowest BCUT2D eigenvalue weighted by atomic mass is 10.0. The topological polar surface area (TPSA) is 75.7 Å². The van der Waals surface area contributed by atoms with Gasteiger partial charge < -0.3 is 9.64 Å². The average Bonchev–Trinajstić information content (AvgIpc) is 2.54. The molecule has 0 aromatic heterocycles. The van der Waals surface area contributed by atoms with Crippen LogP contribution in [0.5, 0.6) is 5.75 Å². The number of nitrogens with zero attached hydrogens (tertiary/aromatic N) is 1. The highest BCUT2D eigenvalue weighted by Crippen LogP contribution is 2.18. The summed E-state index contributed by atoms with van der Waals surface area (Å²) in [6, 6.07) is 6.97. The van der Waals surface area contributed by atoms with E-state index < -0.39 is 10.0 Å². The van der Waals surface area contributed by atoms with E-state index in [0.29, 0.717) is 37.2 Å². The zero-order valence-electron chi connectivity index (χ0n) is 12.9. The first-order valence-corrected chi connectivity index (χ1v) is 9.03. The Kier molecular flexibility index (Phi) is 5.42. The van der Waals surface area contributed by atoms with E-state index in [1.54, 1.807) is 43.2 Å². The number of carbonyl (C=O) groups is 1. The molecule has 2 rings (SSSR count). The Hall–Kier alpha value is -1.60. The Labute approximate surface area is 131 Å². The number of rotatable bonds is 5. The molecule has 1 fully saturated rings. The van der Waals surface area contributed by atoms with Crippen LogP contribution in [0.15, 0.2) is 24.3 Å². The van der Waals surface area contributed by atoms with E-state index in [1.165, 1.54) is 0 Å². The van der Waals surface area contributed by atoms with Gasteiger partial charge in [0.25, 0.3) is 5.91 Å². The second-order valence-electron chi connectivity index (χ2n) is 5.32. The minimum atomic E-state index is -3.19. The van der Waals surface area contributed by atoms with Crippen LogP contribution in [0.4, 0.5) is 0 Å². The fraction of sp³-hybridized carbons (Fsp3) is 0.533. The normalized spacial score (nSPS) is 16.5. The summed E-state index contributed by atoms with van der Waals surface area (Å²) in [4.78, 5) is 14.2. The summed E-state index contributed by atoms with van der Waals surface area (Å²) in [6.45, 7) is 2.71. The SMILES string of the molecule is CCS(=O)(=O)NC1CCN(C(=O)c2cccc(OC)c2)CC1. The molecule has 122 valence electrons. The Morgan fingerprint density at radius 1 is 1.36 bits per heavy atom. The molecule has 0 bridgehead atoms. The molecule has 1 heterocycles. The fourth-order valence-corrected chi connectivity index (χ4v) is 3.39. The van der Waals surface area contributed by atoms with Crippen molar-refractivity contribution in [3.63, 3.8) is 0 Å². The lowest BCUT2D eigenvalue weighted by Crippen LogP contribution is -2.46. The molecule has 0 unspecified atom stereocenters. The van der Waals surface area contributed by atoms with Crippen molar-refractivity contribution in [1.29, 1.82) is 0 Å². The average molecular weight is 326 g/mol. The van der Waals surface area contributed by atoms with E-state index in [4.69, 9.17) is 4.74 Å². The van der Waals surface area contributed by atoms with Gasteiger partial charge in [0.2, 0.25) is 10.0 Å². The van der Waals surface area contributed by atoms with Crippen LogP contribution in [-0.4, -0.2) is 51.2 Å². The molecule has 1 saturated heterocycles. The first kappa shape index (κ1) is 16.8. The monoisotopic (exact) mass is 326 g/mol. The van der Waals surface area contributed by atoms with Crippen LogP contribution in [0.25, 0.3) is 0 Å². The highest BCUT2D eigenvalue weighted by atomic mass is 32.2. The summed E-state index contributed by atoms with van der Waals surface area (Å²) < 4.78 is 30.9. The lowest BCUT2D eigenvalue weighted by Gasteiger charge is -2.32. The van der Waals surface area contributed by atoms with Gasteiger partial charge in [0.1, 0.15) is 5.75 Å². The van der Waals surface area contributed by atoms with Crippen LogP contribution in [-0.2, 0) is 10.0 Å². The fourth-order valence-electron chi connectivity index (χ4n) is 2.48. The minimum Gasteiger partial charge on any atom is -0.497 e. The number of piperidine rings is 1. The summed E-state index contributed by atoms with van der Waals surface area (Å²) in [7, 11) is -1.62. The maximum atomic E-state index is 12.4. The number of carbonyl (C=O) groups excluding carboxylic acids is 1. The number of hydrogen-bond donors (Lipinski definition) is 1. The highest BCUT2D eigenvalue weighted by Gasteiger charge is 2.26. The first-order chi connectivity index (χ1) is 10.4. The third-order valence-corrected chi connectivity index (χ3v) is 5.28. The molecule has 1 aliphatic rings. The molecule has 0 saturated carbocycles. The van der Waals surface area contributed by atoms with Crippen molar-refractivity contribution in [2.75, 3.05) is 26.0 Å². The molecule has 6 nitrogen and oxygen atoms in total. The molecule has 1 aromatic rings. The van der Waals surface area contributed by atoms with Gasteiger partial charge in [0.15, 0.2) is 0 Å². The first-order valence-electron chi connectivity index (χ1n) is 7.38. The molecule has 0 spiro atoms. The molecule has 7 heteroatoms. The van der Waals surface area contributed by atoms with Crippen LogP contribution in [0.3, 0.4) is 0 Å². The van der Waals surface area contributed by atoms with Crippen molar-refractivity contribution in [3.05, 3.63) is 29.8 Å². The van der Waals surface area contributed by atoms with Crippen molar-refractivity contribution in [2.45, 2.75) is 25.8 Å². The number of benzene rings is 1. The Morgan fingerprint density at radius 3 is 2.64 bits per heavy atom. The summed E-state index contributed by atoms with van der Waals surface area (Å²) in [6.07, 6.45) is 1.27. The second kappa shape index (κ2) is 7.11. The number of amides is 1. The van der Waals surface area contributed by atoms with Gasteiger partial charge in [0, 0.05) is 24.7 Å². The third kappa shape index (κ3) is 4.20. The number of methoxy groups -OCH3 is 1. The van der Waals surface area contributed by atoms with Gasteiger partial charge in [0.05, 0.1) is 12.9 Å². The van der Waals surface area contributed by atoms with Gasteiger partial charge in [-0.25, -0.2) is 13.1 Å². The van der Waals surface area contributed by atoms with Gasteiger partial charge >= 0.3 is 0 Å². The smallest absolute Gasteiger partial charge is 0.253 e. The van der Waals surface area contributed by atoms with Crippen molar-refractivity contribution in [2.24, 2.45) is 0 Å². The predicted molar refractivity (Wildman–Crippen MR) is 84.5 cm³/mol. The zero-order valence-corrected chi connectivity index (χ0v) is 13.7. The largest absolute Gasteiger partial charge is 0.497 e. The van der Waals surface area contributed by atoms with Gasteiger partial charge in [-0.2, -0.15) is 0 Å². The van der Waals surface area contributed by atoms with Crippen LogP contribution in [0.1, 0.15) is 30.1 Å². The predicted octanol–water partition coefficient (Wildman–Crippen LogP) is 1.24. The lowest BCUT2D eigenvalue weighted by molar-refractivity contribution is 0.0711. The van der Waals surface area contributed by atoms with Gasteiger partial charge in [-0.15, -0.1) is 0 Å². The second-order valence-corrected chi connectivity index (χ2v) is 7.36. The third-order valence-electron chi connectivity index (χ3n) is 3.83.